The van der Waals surface area contributed by atoms with Gasteiger partial charge >= 0.3 is 0 Å². The third kappa shape index (κ3) is 3.57. The lowest BCUT2D eigenvalue weighted by molar-refractivity contribution is 0.0766. The lowest BCUT2D eigenvalue weighted by Gasteiger charge is -2.29. The number of β-amino-alcohol motifs (C(OH)–C–C–N with tert-alkyl or cyclic N) is 1. The number of aliphatic hydroxyl groups excluding tert-OH is 1. The number of hydrogen-bond donors (Lipinski definition) is 3. The van der Waals surface area contributed by atoms with Gasteiger partial charge in [0.2, 0.25) is 0 Å². The molecule has 0 spiro atoms. The molecule has 1 aliphatic rings. The summed E-state index contributed by atoms with van der Waals surface area (Å²) in [7, 11) is 0. The van der Waals surface area contributed by atoms with Crippen LogP contribution in [0.1, 0.15) is 16.8 Å². The Labute approximate surface area is 134 Å². The summed E-state index contributed by atoms with van der Waals surface area (Å²) in [5.74, 6) is -0.538. The van der Waals surface area contributed by atoms with E-state index in [2.05, 4.69) is 10.6 Å². The van der Waals surface area contributed by atoms with Gasteiger partial charge in [-0.25, -0.2) is 4.39 Å². The number of aliphatic hydroxyl groups is 1. The molecule has 1 saturated heterocycles. The first-order valence-corrected chi connectivity index (χ1v) is 7.70. The average molecular weight is 314 g/mol. The van der Waals surface area contributed by atoms with E-state index in [9.17, 15) is 14.3 Å². The van der Waals surface area contributed by atoms with E-state index in [1.807, 2.05) is 12.1 Å². The number of amides is 1. The maximum absolute atomic E-state index is 13.1. The molecule has 4 nitrogen and oxygen atoms in total. The van der Waals surface area contributed by atoms with Gasteiger partial charge in [-0.2, -0.15) is 0 Å². The Morgan fingerprint density at radius 1 is 1.17 bits per heavy atom. The molecule has 1 heterocycles. The Morgan fingerprint density at radius 2 is 1.91 bits per heavy atom. The molecule has 0 bridgehead atoms. The molecule has 23 heavy (non-hydrogen) atoms. The Balaban J connectivity index is 1.84. The standard InChI is InChI=1S/C18H19FN2O2/c19-13-7-5-12(6-8-13)14-3-1-2-4-15(14)18(23)21-16-9-10-20-11-17(16)22/h1-8,16-17,20,22H,9-11H2,(H,21,23)/t16-,17-/m1/s1. The SMILES string of the molecule is O=C(N[C@@H]1CCNC[C@H]1O)c1ccccc1-c1ccc(F)cc1. The number of piperidine rings is 1. The molecule has 0 aliphatic carbocycles. The van der Waals surface area contributed by atoms with Crippen molar-refractivity contribution in [1.82, 2.24) is 10.6 Å². The first kappa shape index (κ1) is 15.6. The Kier molecular flexibility index (Phi) is 4.69. The molecule has 2 aromatic rings. The molecule has 5 heteroatoms. The lowest BCUT2D eigenvalue weighted by atomic mass is 9.98. The highest BCUT2D eigenvalue weighted by Gasteiger charge is 2.25. The maximum atomic E-state index is 13.1. The normalized spacial score (nSPS) is 21.0. The minimum absolute atomic E-state index is 0.226. The number of carbonyl (C=O) groups is 1. The fraction of sp³-hybridized carbons (Fsp3) is 0.278. The van der Waals surface area contributed by atoms with Crippen LogP contribution in [0.5, 0.6) is 0 Å². The third-order valence-corrected chi connectivity index (χ3v) is 4.09. The summed E-state index contributed by atoms with van der Waals surface area (Å²) in [6.07, 6.45) is 0.0942. The molecular formula is C18H19FN2O2. The van der Waals surface area contributed by atoms with E-state index in [1.54, 1.807) is 24.3 Å². The lowest BCUT2D eigenvalue weighted by Crippen LogP contribution is -2.52. The molecule has 1 fully saturated rings. The van der Waals surface area contributed by atoms with Crippen molar-refractivity contribution >= 4 is 5.91 Å². The second-order valence-electron chi connectivity index (χ2n) is 5.69. The largest absolute Gasteiger partial charge is 0.390 e. The van der Waals surface area contributed by atoms with Crippen LogP contribution < -0.4 is 10.6 Å². The molecular weight excluding hydrogens is 295 g/mol. The van der Waals surface area contributed by atoms with E-state index in [-0.39, 0.29) is 17.8 Å². The predicted molar refractivity (Wildman–Crippen MR) is 86.6 cm³/mol. The summed E-state index contributed by atoms with van der Waals surface area (Å²) in [6, 6.07) is 13.0. The van der Waals surface area contributed by atoms with E-state index < -0.39 is 6.10 Å². The molecule has 1 aliphatic heterocycles. The van der Waals surface area contributed by atoms with Crippen LogP contribution >= 0.6 is 0 Å². The van der Waals surface area contributed by atoms with E-state index in [1.165, 1.54) is 12.1 Å². The Morgan fingerprint density at radius 3 is 2.65 bits per heavy atom. The molecule has 1 amide bonds. The van der Waals surface area contributed by atoms with Gasteiger partial charge in [0, 0.05) is 12.1 Å². The molecule has 0 aromatic heterocycles. The Hall–Kier alpha value is -2.24. The van der Waals surface area contributed by atoms with Crippen molar-refractivity contribution in [2.24, 2.45) is 0 Å². The zero-order valence-corrected chi connectivity index (χ0v) is 12.6. The molecule has 0 unspecified atom stereocenters. The number of halogens is 1. The highest BCUT2D eigenvalue weighted by Crippen LogP contribution is 2.24. The van der Waals surface area contributed by atoms with Crippen molar-refractivity contribution in [3.63, 3.8) is 0 Å². The van der Waals surface area contributed by atoms with E-state index in [0.717, 1.165) is 17.7 Å². The van der Waals surface area contributed by atoms with Crippen LogP contribution in [-0.2, 0) is 0 Å². The van der Waals surface area contributed by atoms with Gasteiger partial charge in [0.15, 0.2) is 0 Å². The van der Waals surface area contributed by atoms with Gasteiger partial charge in [-0.05, 0) is 42.3 Å². The van der Waals surface area contributed by atoms with Gasteiger partial charge in [-0.3, -0.25) is 4.79 Å². The minimum atomic E-state index is -0.592. The van der Waals surface area contributed by atoms with Crippen LogP contribution in [0.4, 0.5) is 4.39 Å². The van der Waals surface area contributed by atoms with Crippen LogP contribution in [-0.4, -0.2) is 36.2 Å². The molecule has 3 N–H and O–H groups in total. The summed E-state index contributed by atoms with van der Waals surface area (Å²) >= 11 is 0. The number of benzene rings is 2. The minimum Gasteiger partial charge on any atom is -0.390 e. The predicted octanol–water partition coefficient (Wildman–Crippen LogP) is 1.95. The quantitative estimate of drug-likeness (QED) is 0.811. The molecule has 120 valence electrons. The summed E-state index contributed by atoms with van der Waals surface area (Å²) in [6.45, 7) is 1.24. The molecule has 3 rings (SSSR count). The fourth-order valence-corrected chi connectivity index (χ4v) is 2.82. The van der Waals surface area contributed by atoms with Crippen LogP contribution in [0.2, 0.25) is 0 Å². The van der Waals surface area contributed by atoms with Crippen LogP contribution in [0.25, 0.3) is 11.1 Å². The van der Waals surface area contributed by atoms with Crippen LogP contribution in [0, 0.1) is 5.82 Å². The molecule has 2 atom stereocenters. The summed E-state index contributed by atoms with van der Waals surface area (Å²) < 4.78 is 13.1. The van der Waals surface area contributed by atoms with E-state index in [0.29, 0.717) is 18.5 Å². The average Bonchev–Trinajstić information content (AvgIpc) is 2.58. The number of nitrogens with one attached hydrogen (secondary N) is 2. The van der Waals surface area contributed by atoms with Crippen molar-refractivity contribution in [1.29, 1.82) is 0 Å². The van der Waals surface area contributed by atoms with Gasteiger partial charge in [0.05, 0.1) is 12.1 Å². The fourth-order valence-electron chi connectivity index (χ4n) is 2.82. The number of rotatable bonds is 3. The van der Waals surface area contributed by atoms with Crippen molar-refractivity contribution in [2.45, 2.75) is 18.6 Å². The summed E-state index contributed by atoms with van der Waals surface area (Å²) in [5.41, 5.74) is 2.04. The van der Waals surface area contributed by atoms with Gasteiger partial charge in [0.25, 0.3) is 5.91 Å². The van der Waals surface area contributed by atoms with Crippen molar-refractivity contribution in [3.05, 3.63) is 59.9 Å². The second kappa shape index (κ2) is 6.89. The topological polar surface area (TPSA) is 61.4 Å². The van der Waals surface area contributed by atoms with Gasteiger partial charge < -0.3 is 15.7 Å². The maximum Gasteiger partial charge on any atom is 0.252 e. The van der Waals surface area contributed by atoms with Gasteiger partial charge in [-0.15, -0.1) is 0 Å². The summed E-state index contributed by atoms with van der Waals surface area (Å²) in [4.78, 5) is 12.6. The second-order valence-corrected chi connectivity index (χ2v) is 5.69. The van der Waals surface area contributed by atoms with Crippen molar-refractivity contribution in [3.8, 4) is 11.1 Å². The first-order valence-electron chi connectivity index (χ1n) is 7.70. The third-order valence-electron chi connectivity index (χ3n) is 4.09. The zero-order chi connectivity index (χ0) is 16.2. The molecule has 2 aromatic carbocycles. The number of hydrogen-bond acceptors (Lipinski definition) is 3. The van der Waals surface area contributed by atoms with Crippen molar-refractivity contribution in [2.75, 3.05) is 13.1 Å². The van der Waals surface area contributed by atoms with E-state index >= 15 is 0 Å². The van der Waals surface area contributed by atoms with E-state index in [4.69, 9.17) is 0 Å². The number of carbonyl (C=O) groups excluding carboxylic acids is 1. The highest BCUT2D eigenvalue weighted by molar-refractivity contribution is 6.01. The van der Waals surface area contributed by atoms with Gasteiger partial charge in [0.1, 0.15) is 5.82 Å². The summed E-state index contributed by atoms with van der Waals surface area (Å²) in [5, 5.41) is 15.9. The molecule has 0 radical (unpaired) electrons. The smallest absolute Gasteiger partial charge is 0.252 e. The zero-order valence-electron chi connectivity index (χ0n) is 12.6. The highest BCUT2D eigenvalue weighted by atomic mass is 19.1. The van der Waals surface area contributed by atoms with Crippen LogP contribution in [0.3, 0.4) is 0 Å². The van der Waals surface area contributed by atoms with Gasteiger partial charge in [-0.1, -0.05) is 30.3 Å². The van der Waals surface area contributed by atoms with Crippen molar-refractivity contribution < 1.29 is 14.3 Å². The van der Waals surface area contributed by atoms with Crippen LogP contribution in [0.15, 0.2) is 48.5 Å². The molecule has 0 saturated carbocycles. The Bertz CT molecular complexity index is 688. The monoisotopic (exact) mass is 314 g/mol. The first-order chi connectivity index (χ1) is 11.1.